The molecule has 0 amide bonds. The molecule has 4 nitrogen and oxygen atoms in total. The predicted molar refractivity (Wildman–Crippen MR) is 61.4 cm³/mol. The second kappa shape index (κ2) is 6.20. The minimum atomic E-state index is -0.449. The Bertz CT molecular complexity index is 395. The molecule has 0 fully saturated rings. The molecule has 0 radical (unpaired) electrons. The Labute approximate surface area is 99.7 Å². The summed E-state index contributed by atoms with van der Waals surface area (Å²) < 4.78 is 22.9. The van der Waals surface area contributed by atoms with Crippen LogP contribution in [0.4, 0.5) is 4.39 Å². The van der Waals surface area contributed by atoms with Gasteiger partial charge in [0.1, 0.15) is 0 Å². The van der Waals surface area contributed by atoms with E-state index < -0.39 is 5.82 Å². The topological polar surface area (TPSA) is 47.6 Å². The predicted octanol–water partition coefficient (Wildman–Crippen LogP) is 1.66. The lowest BCUT2D eigenvalue weighted by molar-refractivity contribution is -0.141. The average Bonchev–Trinajstić information content (AvgIpc) is 2.35. The molecule has 5 heteroatoms. The summed E-state index contributed by atoms with van der Waals surface area (Å²) in [6.45, 7) is 0. The Balaban J connectivity index is 2.88. The number of ether oxygens (including phenoxy) is 2. The van der Waals surface area contributed by atoms with Crippen LogP contribution in [0.5, 0.6) is 5.75 Å². The van der Waals surface area contributed by atoms with Gasteiger partial charge < -0.3 is 14.8 Å². The largest absolute Gasteiger partial charge is 0.494 e. The van der Waals surface area contributed by atoms with Gasteiger partial charge in [-0.25, -0.2) is 4.39 Å². The first-order valence-electron chi connectivity index (χ1n) is 5.20. The van der Waals surface area contributed by atoms with Crippen LogP contribution in [0.15, 0.2) is 18.2 Å². The molecule has 1 unspecified atom stereocenters. The summed E-state index contributed by atoms with van der Waals surface area (Å²) in [5, 5.41) is 2.94. The summed E-state index contributed by atoms with van der Waals surface area (Å²) in [6, 6.07) is 4.32. The number of nitrogens with one attached hydrogen (secondary N) is 1. The number of hydrogen-bond donors (Lipinski definition) is 1. The number of hydrogen-bond acceptors (Lipinski definition) is 4. The van der Waals surface area contributed by atoms with Gasteiger partial charge >= 0.3 is 5.97 Å². The quantitative estimate of drug-likeness (QED) is 0.796. The van der Waals surface area contributed by atoms with E-state index in [1.165, 1.54) is 26.4 Å². The van der Waals surface area contributed by atoms with Crippen LogP contribution < -0.4 is 10.1 Å². The van der Waals surface area contributed by atoms with Gasteiger partial charge in [0.2, 0.25) is 0 Å². The van der Waals surface area contributed by atoms with Gasteiger partial charge in [-0.15, -0.1) is 0 Å². The molecule has 0 aliphatic rings. The van der Waals surface area contributed by atoms with Crippen molar-refractivity contribution in [3.8, 4) is 5.75 Å². The fraction of sp³-hybridized carbons (Fsp3) is 0.417. The molecule has 0 aliphatic carbocycles. The molecular formula is C12H16FNO3. The van der Waals surface area contributed by atoms with E-state index in [9.17, 15) is 9.18 Å². The highest BCUT2D eigenvalue weighted by Crippen LogP contribution is 2.23. The van der Waals surface area contributed by atoms with E-state index >= 15 is 0 Å². The zero-order valence-corrected chi connectivity index (χ0v) is 10.1. The van der Waals surface area contributed by atoms with E-state index in [4.69, 9.17) is 4.74 Å². The molecule has 1 aromatic carbocycles. The molecule has 1 rings (SSSR count). The van der Waals surface area contributed by atoms with Crippen LogP contribution in [0.2, 0.25) is 0 Å². The van der Waals surface area contributed by atoms with Gasteiger partial charge in [0.05, 0.1) is 20.6 Å². The Morgan fingerprint density at radius 3 is 2.65 bits per heavy atom. The van der Waals surface area contributed by atoms with Crippen molar-refractivity contribution < 1.29 is 18.7 Å². The van der Waals surface area contributed by atoms with Crippen molar-refractivity contribution in [2.45, 2.75) is 12.5 Å². The van der Waals surface area contributed by atoms with E-state index in [1.54, 1.807) is 13.1 Å². The SMILES string of the molecule is CNC(CC(=O)OC)c1ccc(OC)c(F)c1. The maximum Gasteiger partial charge on any atom is 0.307 e. The van der Waals surface area contributed by atoms with E-state index in [0.717, 1.165) is 0 Å². The Kier molecular flexibility index (Phi) is 4.90. The van der Waals surface area contributed by atoms with Gasteiger partial charge in [0.25, 0.3) is 0 Å². The second-order valence-electron chi connectivity index (χ2n) is 3.52. The molecule has 17 heavy (non-hydrogen) atoms. The lowest BCUT2D eigenvalue weighted by Gasteiger charge is -2.16. The summed E-state index contributed by atoms with van der Waals surface area (Å²) in [6.07, 6.45) is 0.152. The summed E-state index contributed by atoms with van der Waals surface area (Å²) >= 11 is 0. The third-order valence-corrected chi connectivity index (χ3v) is 2.53. The van der Waals surface area contributed by atoms with Gasteiger partial charge in [-0.2, -0.15) is 0 Å². The first-order valence-corrected chi connectivity index (χ1v) is 5.20. The first kappa shape index (κ1) is 13.4. The third kappa shape index (κ3) is 3.42. The Hall–Kier alpha value is -1.62. The third-order valence-electron chi connectivity index (χ3n) is 2.53. The van der Waals surface area contributed by atoms with Gasteiger partial charge in [0, 0.05) is 6.04 Å². The van der Waals surface area contributed by atoms with Crippen LogP contribution in [-0.2, 0) is 9.53 Å². The average molecular weight is 241 g/mol. The molecule has 0 heterocycles. The minimum Gasteiger partial charge on any atom is -0.494 e. The first-order chi connectivity index (χ1) is 8.12. The van der Waals surface area contributed by atoms with Crippen molar-refractivity contribution in [2.75, 3.05) is 21.3 Å². The summed E-state index contributed by atoms with van der Waals surface area (Å²) in [7, 11) is 4.43. The van der Waals surface area contributed by atoms with E-state index in [0.29, 0.717) is 5.56 Å². The molecular weight excluding hydrogens is 225 g/mol. The van der Waals surface area contributed by atoms with Crippen LogP contribution in [0.1, 0.15) is 18.0 Å². The van der Waals surface area contributed by atoms with Crippen molar-refractivity contribution in [3.63, 3.8) is 0 Å². The highest BCUT2D eigenvalue weighted by molar-refractivity contribution is 5.70. The lowest BCUT2D eigenvalue weighted by Crippen LogP contribution is -2.20. The smallest absolute Gasteiger partial charge is 0.307 e. The van der Waals surface area contributed by atoms with E-state index in [2.05, 4.69) is 10.1 Å². The fourth-order valence-corrected chi connectivity index (χ4v) is 1.54. The van der Waals surface area contributed by atoms with Gasteiger partial charge in [-0.05, 0) is 24.7 Å². The number of carbonyl (C=O) groups is 1. The van der Waals surface area contributed by atoms with Gasteiger partial charge in [-0.1, -0.05) is 6.07 Å². The van der Waals surface area contributed by atoms with E-state index in [1.807, 2.05) is 0 Å². The van der Waals surface area contributed by atoms with Crippen molar-refractivity contribution in [3.05, 3.63) is 29.6 Å². The van der Waals surface area contributed by atoms with Gasteiger partial charge in [-0.3, -0.25) is 4.79 Å². The number of methoxy groups -OCH3 is 2. The standard InChI is InChI=1S/C12H16FNO3/c1-14-10(7-12(15)17-3)8-4-5-11(16-2)9(13)6-8/h4-6,10,14H,7H2,1-3H3. The number of benzene rings is 1. The molecule has 0 saturated carbocycles. The molecule has 94 valence electrons. The zero-order valence-electron chi connectivity index (χ0n) is 10.1. The molecule has 0 aromatic heterocycles. The normalized spacial score (nSPS) is 12.0. The Morgan fingerprint density at radius 1 is 1.47 bits per heavy atom. The van der Waals surface area contributed by atoms with Crippen LogP contribution >= 0.6 is 0 Å². The van der Waals surface area contributed by atoms with Crippen LogP contribution in [0.3, 0.4) is 0 Å². The highest BCUT2D eigenvalue weighted by atomic mass is 19.1. The van der Waals surface area contributed by atoms with Crippen molar-refractivity contribution >= 4 is 5.97 Å². The molecule has 0 spiro atoms. The number of carbonyl (C=O) groups excluding carboxylic acids is 1. The molecule has 0 saturated heterocycles. The van der Waals surface area contributed by atoms with Gasteiger partial charge in [0.15, 0.2) is 11.6 Å². The summed E-state index contributed by atoms with van der Waals surface area (Å²) in [5.41, 5.74) is 0.677. The number of halogens is 1. The number of rotatable bonds is 5. The summed E-state index contributed by atoms with van der Waals surface area (Å²) in [4.78, 5) is 11.2. The summed E-state index contributed by atoms with van der Waals surface area (Å²) in [5.74, 6) is -0.614. The van der Waals surface area contributed by atoms with Crippen molar-refractivity contribution in [1.82, 2.24) is 5.32 Å². The monoisotopic (exact) mass is 241 g/mol. The fourth-order valence-electron chi connectivity index (χ4n) is 1.54. The molecule has 0 bridgehead atoms. The molecule has 0 aliphatic heterocycles. The van der Waals surface area contributed by atoms with Crippen LogP contribution in [0.25, 0.3) is 0 Å². The second-order valence-corrected chi connectivity index (χ2v) is 3.52. The van der Waals surface area contributed by atoms with Crippen molar-refractivity contribution in [1.29, 1.82) is 0 Å². The molecule has 1 N–H and O–H groups in total. The zero-order chi connectivity index (χ0) is 12.8. The number of esters is 1. The maximum absolute atomic E-state index is 13.5. The highest BCUT2D eigenvalue weighted by Gasteiger charge is 2.16. The van der Waals surface area contributed by atoms with Crippen LogP contribution in [-0.4, -0.2) is 27.2 Å². The molecule has 1 aromatic rings. The lowest BCUT2D eigenvalue weighted by atomic mass is 10.0. The van der Waals surface area contributed by atoms with Crippen molar-refractivity contribution in [2.24, 2.45) is 0 Å². The minimum absolute atomic E-state index is 0.152. The van der Waals surface area contributed by atoms with E-state index in [-0.39, 0.29) is 24.2 Å². The Morgan fingerprint density at radius 2 is 2.18 bits per heavy atom. The maximum atomic E-state index is 13.5. The van der Waals surface area contributed by atoms with Crippen LogP contribution in [0, 0.1) is 5.82 Å². The molecule has 1 atom stereocenters.